The molecule has 0 aliphatic heterocycles. The van der Waals surface area contributed by atoms with E-state index in [0.29, 0.717) is 5.56 Å². The number of hydrogen-bond acceptors (Lipinski definition) is 4. The van der Waals surface area contributed by atoms with Crippen LogP contribution in [0.15, 0.2) is 28.8 Å². The second kappa shape index (κ2) is 4.41. The number of aromatic nitrogens is 2. The molecule has 1 aromatic carbocycles. The van der Waals surface area contributed by atoms with Crippen LogP contribution in [0.4, 0.5) is 13.2 Å². The summed E-state index contributed by atoms with van der Waals surface area (Å²) in [7, 11) is 0. The van der Waals surface area contributed by atoms with Crippen LogP contribution in [0, 0.1) is 0 Å². The molecule has 4 nitrogen and oxygen atoms in total. The summed E-state index contributed by atoms with van der Waals surface area (Å²) >= 11 is 0. The third kappa shape index (κ3) is 2.51. The van der Waals surface area contributed by atoms with Gasteiger partial charge in [-0.1, -0.05) is 17.3 Å². The molecule has 1 heterocycles. The number of nitrogens with two attached hydrogens (primary N) is 1. The van der Waals surface area contributed by atoms with E-state index in [2.05, 4.69) is 10.1 Å². The van der Waals surface area contributed by atoms with Gasteiger partial charge in [-0.3, -0.25) is 0 Å². The minimum Gasteiger partial charge on any atom is -0.337 e. The third-order valence-corrected chi connectivity index (χ3v) is 2.30. The highest BCUT2D eigenvalue weighted by molar-refractivity contribution is 5.54. The Bertz CT molecular complexity index is 531. The Morgan fingerprint density at radius 2 is 1.83 bits per heavy atom. The summed E-state index contributed by atoms with van der Waals surface area (Å²) in [6.07, 6.45) is -4.35. The Balaban J connectivity index is 2.29. The highest BCUT2D eigenvalue weighted by atomic mass is 19.4. The Morgan fingerprint density at radius 3 is 2.28 bits per heavy atom. The number of hydrogen-bond donors (Lipinski definition) is 1. The number of rotatable bonds is 2. The molecule has 0 fully saturated rings. The van der Waals surface area contributed by atoms with Crippen molar-refractivity contribution < 1.29 is 17.7 Å². The van der Waals surface area contributed by atoms with Gasteiger partial charge in [-0.05, 0) is 19.1 Å². The van der Waals surface area contributed by atoms with Gasteiger partial charge in [0.2, 0.25) is 11.7 Å². The van der Waals surface area contributed by atoms with Gasteiger partial charge >= 0.3 is 6.18 Å². The van der Waals surface area contributed by atoms with Crippen molar-refractivity contribution in [1.29, 1.82) is 0 Å². The number of benzene rings is 1. The molecule has 2 N–H and O–H groups in total. The van der Waals surface area contributed by atoms with E-state index in [1.807, 2.05) is 0 Å². The fraction of sp³-hybridized carbons (Fsp3) is 0.273. The van der Waals surface area contributed by atoms with E-state index in [4.69, 9.17) is 10.3 Å². The van der Waals surface area contributed by atoms with Crippen LogP contribution in [0.1, 0.15) is 24.4 Å². The van der Waals surface area contributed by atoms with Gasteiger partial charge in [0.05, 0.1) is 11.6 Å². The molecule has 0 amide bonds. The molecule has 0 radical (unpaired) electrons. The van der Waals surface area contributed by atoms with Gasteiger partial charge in [0.15, 0.2) is 0 Å². The normalized spacial score (nSPS) is 13.6. The van der Waals surface area contributed by atoms with E-state index in [1.165, 1.54) is 12.1 Å². The maximum absolute atomic E-state index is 12.4. The molecule has 0 unspecified atom stereocenters. The van der Waals surface area contributed by atoms with Crippen LogP contribution in [-0.4, -0.2) is 10.1 Å². The van der Waals surface area contributed by atoms with E-state index in [-0.39, 0.29) is 11.7 Å². The van der Waals surface area contributed by atoms with Gasteiger partial charge in [0.1, 0.15) is 0 Å². The standard InChI is InChI=1S/C11H10F3N3O/c1-6(15)10-16-9(17-18-10)7-2-4-8(5-3-7)11(12,13)14/h2-6H,15H2,1H3/t6-/m0/s1. The second-order valence-electron chi connectivity index (χ2n) is 3.82. The molecule has 1 aromatic heterocycles. The van der Waals surface area contributed by atoms with Crippen LogP contribution in [0.2, 0.25) is 0 Å². The summed E-state index contributed by atoms with van der Waals surface area (Å²) in [5.74, 6) is 0.459. The molecule has 2 aromatic rings. The van der Waals surface area contributed by atoms with Crippen molar-refractivity contribution in [3.05, 3.63) is 35.7 Å². The fourth-order valence-electron chi connectivity index (χ4n) is 1.35. The quantitative estimate of drug-likeness (QED) is 0.898. The topological polar surface area (TPSA) is 64.9 Å². The molecular formula is C11H10F3N3O. The van der Waals surface area contributed by atoms with Crippen molar-refractivity contribution in [3.8, 4) is 11.4 Å². The minimum atomic E-state index is -4.35. The lowest BCUT2D eigenvalue weighted by molar-refractivity contribution is -0.137. The molecular weight excluding hydrogens is 247 g/mol. The molecule has 18 heavy (non-hydrogen) atoms. The molecule has 0 bridgehead atoms. The highest BCUT2D eigenvalue weighted by Crippen LogP contribution is 2.30. The summed E-state index contributed by atoms with van der Waals surface area (Å²) in [5, 5.41) is 3.65. The summed E-state index contributed by atoms with van der Waals surface area (Å²) in [6.45, 7) is 1.67. The van der Waals surface area contributed by atoms with Crippen molar-refractivity contribution in [3.63, 3.8) is 0 Å². The van der Waals surface area contributed by atoms with Gasteiger partial charge in [0.25, 0.3) is 0 Å². The molecule has 0 saturated carbocycles. The average Bonchev–Trinajstić information content (AvgIpc) is 2.77. The predicted molar refractivity (Wildman–Crippen MR) is 57.3 cm³/mol. The maximum atomic E-state index is 12.4. The van der Waals surface area contributed by atoms with Crippen molar-refractivity contribution in [2.24, 2.45) is 5.73 Å². The maximum Gasteiger partial charge on any atom is 0.416 e. The first-order valence-electron chi connectivity index (χ1n) is 5.15. The van der Waals surface area contributed by atoms with E-state index < -0.39 is 17.8 Å². The Hall–Kier alpha value is -1.89. The van der Waals surface area contributed by atoms with Crippen LogP contribution < -0.4 is 5.73 Å². The van der Waals surface area contributed by atoms with Gasteiger partial charge in [-0.15, -0.1) is 0 Å². The summed E-state index contributed by atoms with van der Waals surface area (Å²) in [6, 6.07) is 4.10. The molecule has 0 saturated heterocycles. The lowest BCUT2D eigenvalue weighted by atomic mass is 10.1. The molecule has 0 spiro atoms. The van der Waals surface area contributed by atoms with Crippen molar-refractivity contribution >= 4 is 0 Å². The number of halogens is 3. The smallest absolute Gasteiger partial charge is 0.337 e. The van der Waals surface area contributed by atoms with Crippen LogP contribution >= 0.6 is 0 Å². The van der Waals surface area contributed by atoms with E-state index >= 15 is 0 Å². The average molecular weight is 257 g/mol. The predicted octanol–water partition coefficient (Wildman–Crippen LogP) is 2.78. The molecule has 2 rings (SSSR count). The SMILES string of the molecule is C[C@H](N)c1nc(-c2ccc(C(F)(F)F)cc2)no1. The van der Waals surface area contributed by atoms with Crippen LogP contribution in [0.25, 0.3) is 11.4 Å². The highest BCUT2D eigenvalue weighted by Gasteiger charge is 2.30. The molecule has 96 valence electrons. The lowest BCUT2D eigenvalue weighted by Crippen LogP contribution is -2.05. The van der Waals surface area contributed by atoms with Crippen LogP contribution in [0.5, 0.6) is 0 Å². The lowest BCUT2D eigenvalue weighted by Gasteiger charge is -2.05. The first kappa shape index (κ1) is 12.6. The Kier molecular flexibility index (Phi) is 3.08. The summed E-state index contributed by atoms with van der Waals surface area (Å²) in [4.78, 5) is 3.99. The fourth-order valence-corrected chi connectivity index (χ4v) is 1.35. The molecule has 1 atom stereocenters. The third-order valence-electron chi connectivity index (χ3n) is 2.30. The molecule has 0 aliphatic carbocycles. The number of nitrogens with zero attached hydrogens (tertiary/aromatic N) is 2. The largest absolute Gasteiger partial charge is 0.416 e. The summed E-state index contributed by atoms with van der Waals surface area (Å²) < 4.78 is 42.0. The van der Waals surface area contributed by atoms with Gasteiger partial charge in [-0.2, -0.15) is 18.2 Å². The Labute approximate surface area is 101 Å². The zero-order chi connectivity index (χ0) is 13.3. The van der Waals surface area contributed by atoms with E-state index in [9.17, 15) is 13.2 Å². The monoisotopic (exact) mass is 257 g/mol. The van der Waals surface area contributed by atoms with Crippen molar-refractivity contribution in [2.45, 2.75) is 19.1 Å². The number of alkyl halides is 3. The van der Waals surface area contributed by atoms with Crippen LogP contribution in [0.3, 0.4) is 0 Å². The Morgan fingerprint density at radius 1 is 1.22 bits per heavy atom. The van der Waals surface area contributed by atoms with Crippen molar-refractivity contribution in [1.82, 2.24) is 10.1 Å². The summed E-state index contributed by atoms with van der Waals surface area (Å²) in [5.41, 5.74) is 5.26. The molecule has 0 aliphatic rings. The molecule has 7 heteroatoms. The zero-order valence-electron chi connectivity index (χ0n) is 9.40. The first-order valence-corrected chi connectivity index (χ1v) is 5.15. The second-order valence-corrected chi connectivity index (χ2v) is 3.82. The van der Waals surface area contributed by atoms with E-state index in [0.717, 1.165) is 12.1 Å². The minimum absolute atomic E-state index is 0.219. The zero-order valence-corrected chi connectivity index (χ0v) is 9.40. The van der Waals surface area contributed by atoms with Gasteiger partial charge < -0.3 is 10.3 Å². The van der Waals surface area contributed by atoms with Gasteiger partial charge in [-0.25, -0.2) is 0 Å². The van der Waals surface area contributed by atoms with E-state index in [1.54, 1.807) is 6.92 Å². The first-order chi connectivity index (χ1) is 8.38. The van der Waals surface area contributed by atoms with Gasteiger partial charge in [0, 0.05) is 5.56 Å². The van der Waals surface area contributed by atoms with Crippen molar-refractivity contribution in [2.75, 3.05) is 0 Å². The van der Waals surface area contributed by atoms with Crippen LogP contribution in [-0.2, 0) is 6.18 Å².